The van der Waals surface area contributed by atoms with Crippen molar-refractivity contribution in [1.29, 1.82) is 0 Å². The Bertz CT molecular complexity index is 763. The Kier molecular flexibility index (Phi) is 7.99. The number of methoxy groups -OCH3 is 2. The van der Waals surface area contributed by atoms with E-state index in [1.165, 1.54) is 25.3 Å². The van der Waals surface area contributed by atoms with Gasteiger partial charge in [0.2, 0.25) is 5.75 Å². The maximum Gasteiger partial charge on any atom is 0.200 e. The molecule has 0 fully saturated rings. The van der Waals surface area contributed by atoms with E-state index >= 15 is 0 Å². The first kappa shape index (κ1) is 21.4. The zero-order chi connectivity index (χ0) is 20.5. The van der Waals surface area contributed by atoms with Gasteiger partial charge in [0.15, 0.2) is 17.5 Å². The van der Waals surface area contributed by atoms with E-state index in [2.05, 4.69) is 53.7 Å². The topological polar surface area (TPSA) is 75.1 Å². The minimum atomic E-state index is -0.00749. The van der Waals surface area contributed by atoms with Crippen molar-refractivity contribution in [2.24, 2.45) is 4.99 Å². The Morgan fingerprint density at radius 1 is 1.04 bits per heavy atom. The molecule has 6 nitrogen and oxygen atoms in total. The summed E-state index contributed by atoms with van der Waals surface area (Å²) in [6, 6.07) is 12.3. The highest BCUT2D eigenvalue weighted by molar-refractivity contribution is 5.80. The number of aliphatic imine (C=N–C) groups is 1. The first-order chi connectivity index (χ1) is 13.5. The lowest BCUT2D eigenvalue weighted by molar-refractivity contribution is 0.339. The quantitative estimate of drug-likeness (QED) is 0.476. The number of phenols is 1. The average Bonchev–Trinajstić information content (AvgIpc) is 2.72. The van der Waals surface area contributed by atoms with Crippen LogP contribution in [0.4, 0.5) is 0 Å². The van der Waals surface area contributed by atoms with Crippen LogP contribution >= 0.6 is 0 Å². The number of rotatable bonds is 8. The molecular weight excluding hydrogens is 354 g/mol. The third-order valence-electron chi connectivity index (χ3n) is 4.54. The molecule has 0 amide bonds. The zero-order valence-electron chi connectivity index (χ0n) is 17.4. The predicted octanol–water partition coefficient (Wildman–Crippen LogP) is 3.79. The van der Waals surface area contributed by atoms with Crippen LogP contribution < -0.4 is 20.1 Å². The van der Waals surface area contributed by atoms with E-state index in [4.69, 9.17) is 9.47 Å². The van der Waals surface area contributed by atoms with E-state index in [-0.39, 0.29) is 11.8 Å². The Morgan fingerprint density at radius 3 is 2.14 bits per heavy atom. The fourth-order valence-corrected chi connectivity index (χ4v) is 2.86. The van der Waals surface area contributed by atoms with Crippen molar-refractivity contribution in [3.63, 3.8) is 0 Å². The molecule has 0 bridgehead atoms. The summed E-state index contributed by atoms with van der Waals surface area (Å²) in [5.74, 6) is 1.45. The van der Waals surface area contributed by atoms with Gasteiger partial charge in [-0.15, -0.1) is 0 Å². The SMILES string of the molecule is CCNC(=NCc1cc(OC)c(O)c(OC)c1)NC(C)c1ccc(CC)cc1. The number of ether oxygens (including phenoxy) is 2. The molecule has 1 unspecified atom stereocenters. The molecule has 6 heteroatoms. The summed E-state index contributed by atoms with van der Waals surface area (Å²) in [6.45, 7) is 7.48. The molecule has 152 valence electrons. The highest BCUT2D eigenvalue weighted by atomic mass is 16.5. The van der Waals surface area contributed by atoms with Crippen LogP contribution in [0.2, 0.25) is 0 Å². The van der Waals surface area contributed by atoms with Gasteiger partial charge < -0.3 is 25.2 Å². The lowest BCUT2D eigenvalue weighted by Crippen LogP contribution is -2.38. The van der Waals surface area contributed by atoms with Crippen LogP contribution in [0.3, 0.4) is 0 Å². The molecule has 0 heterocycles. The van der Waals surface area contributed by atoms with Gasteiger partial charge in [0.1, 0.15) is 0 Å². The first-order valence-electron chi connectivity index (χ1n) is 9.59. The lowest BCUT2D eigenvalue weighted by atomic mass is 10.1. The van der Waals surface area contributed by atoms with Gasteiger partial charge in [-0.2, -0.15) is 0 Å². The molecule has 0 spiro atoms. The highest BCUT2D eigenvalue weighted by Crippen LogP contribution is 2.37. The second-order valence-corrected chi connectivity index (χ2v) is 6.51. The number of hydrogen-bond acceptors (Lipinski definition) is 4. The van der Waals surface area contributed by atoms with Gasteiger partial charge in [0.25, 0.3) is 0 Å². The van der Waals surface area contributed by atoms with Crippen LogP contribution in [0.25, 0.3) is 0 Å². The molecular formula is C22H31N3O3. The van der Waals surface area contributed by atoms with Gasteiger partial charge in [0, 0.05) is 6.54 Å². The molecule has 0 aliphatic rings. The van der Waals surface area contributed by atoms with Crippen LogP contribution in [0, 0.1) is 0 Å². The van der Waals surface area contributed by atoms with Gasteiger partial charge in [-0.25, -0.2) is 4.99 Å². The van der Waals surface area contributed by atoms with Crippen molar-refractivity contribution in [1.82, 2.24) is 10.6 Å². The minimum Gasteiger partial charge on any atom is -0.502 e. The summed E-state index contributed by atoms with van der Waals surface area (Å²) in [7, 11) is 3.03. The largest absolute Gasteiger partial charge is 0.502 e. The summed E-state index contributed by atoms with van der Waals surface area (Å²) >= 11 is 0. The Balaban J connectivity index is 2.15. The number of benzene rings is 2. The molecule has 2 rings (SSSR count). The Labute approximate surface area is 167 Å². The monoisotopic (exact) mass is 385 g/mol. The van der Waals surface area contributed by atoms with Crippen LogP contribution in [0.1, 0.15) is 43.5 Å². The summed E-state index contributed by atoms with van der Waals surface area (Å²) in [5, 5.41) is 16.8. The van der Waals surface area contributed by atoms with Gasteiger partial charge in [-0.1, -0.05) is 31.2 Å². The molecule has 0 aliphatic heterocycles. The summed E-state index contributed by atoms with van der Waals surface area (Å²) in [5.41, 5.74) is 3.41. The van der Waals surface area contributed by atoms with Crippen molar-refractivity contribution in [2.45, 2.75) is 39.8 Å². The zero-order valence-corrected chi connectivity index (χ0v) is 17.4. The van der Waals surface area contributed by atoms with E-state index in [1.54, 1.807) is 12.1 Å². The summed E-state index contributed by atoms with van der Waals surface area (Å²) < 4.78 is 10.4. The van der Waals surface area contributed by atoms with E-state index in [0.717, 1.165) is 24.5 Å². The molecule has 2 aromatic carbocycles. The highest BCUT2D eigenvalue weighted by Gasteiger charge is 2.12. The normalized spacial score (nSPS) is 12.4. The molecule has 2 aromatic rings. The second-order valence-electron chi connectivity index (χ2n) is 6.51. The number of nitrogens with zero attached hydrogens (tertiary/aromatic N) is 1. The van der Waals surface area contributed by atoms with Crippen molar-refractivity contribution >= 4 is 5.96 Å². The van der Waals surface area contributed by atoms with Crippen molar-refractivity contribution in [3.8, 4) is 17.2 Å². The molecule has 0 saturated heterocycles. The molecule has 0 aromatic heterocycles. The molecule has 0 saturated carbocycles. The number of guanidine groups is 1. The van der Waals surface area contributed by atoms with Gasteiger partial charge in [-0.05, 0) is 49.1 Å². The third-order valence-corrected chi connectivity index (χ3v) is 4.54. The van der Waals surface area contributed by atoms with Crippen molar-refractivity contribution in [3.05, 3.63) is 53.1 Å². The van der Waals surface area contributed by atoms with Crippen LogP contribution in [0.5, 0.6) is 17.2 Å². The number of phenolic OH excluding ortho intramolecular Hbond substituents is 1. The maximum absolute atomic E-state index is 10.0. The number of nitrogens with one attached hydrogen (secondary N) is 2. The third kappa shape index (κ3) is 5.55. The average molecular weight is 386 g/mol. The smallest absolute Gasteiger partial charge is 0.200 e. The van der Waals surface area contributed by atoms with Crippen molar-refractivity contribution in [2.75, 3.05) is 20.8 Å². The second kappa shape index (κ2) is 10.4. The predicted molar refractivity (Wildman–Crippen MR) is 113 cm³/mol. The van der Waals surface area contributed by atoms with E-state index in [0.29, 0.717) is 18.0 Å². The summed E-state index contributed by atoms with van der Waals surface area (Å²) in [4.78, 5) is 4.67. The molecule has 0 aliphatic carbocycles. The van der Waals surface area contributed by atoms with Gasteiger partial charge in [0.05, 0.1) is 26.8 Å². The maximum atomic E-state index is 10.0. The van der Waals surface area contributed by atoms with Crippen LogP contribution in [0.15, 0.2) is 41.4 Å². The van der Waals surface area contributed by atoms with Gasteiger partial charge in [-0.3, -0.25) is 0 Å². The number of aryl methyl sites for hydroxylation is 1. The number of aromatic hydroxyl groups is 1. The molecule has 0 radical (unpaired) electrons. The minimum absolute atomic E-state index is 0.00749. The van der Waals surface area contributed by atoms with Crippen LogP contribution in [-0.4, -0.2) is 31.8 Å². The lowest BCUT2D eigenvalue weighted by Gasteiger charge is -2.18. The Morgan fingerprint density at radius 2 is 1.64 bits per heavy atom. The van der Waals surface area contributed by atoms with Crippen LogP contribution in [-0.2, 0) is 13.0 Å². The first-order valence-corrected chi connectivity index (χ1v) is 9.59. The van der Waals surface area contributed by atoms with Crippen molar-refractivity contribution < 1.29 is 14.6 Å². The van der Waals surface area contributed by atoms with Gasteiger partial charge >= 0.3 is 0 Å². The van der Waals surface area contributed by atoms with E-state index in [9.17, 15) is 5.11 Å². The fourth-order valence-electron chi connectivity index (χ4n) is 2.86. The van der Waals surface area contributed by atoms with E-state index < -0.39 is 0 Å². The number of hydrogen-bond donors (Lipinski definition) is 3. The summed E-state index contributed by atoms with van der Waals surface area (Å²) in [6.07, 6.45) is 1.03. The standard InChI is InChI=1S/C22H31N3O3/c1-6-16-8-10-18(11-9-16)15(3)25-22(23-7-2)24-14-17-12-19(27-4)21(26)20(13-17)28-5/h8-13,15,26H,6-7,14H2,1-5H3,(H2,23,24,25). The Hall–Kier alpha value is -2.89. The fraction of sp³-hybridized carbons (Fsp3) is 0.409. The molecule has 1 atom stereocenters. The molecule has 28 heavy (non-hydrogen) atoms. The molecule has 3 N–H and O–H groups in total. The van der Waals surface area contributed by atoms with E-state index in [1.807, 2.05) is 6.92 Å².